The summed E-state index contributed by atoms with van der Waals surface area (Å²) in [5.74, 6) is -0.576. The van der Waals surface area contributed by atoms with E-state index in [0.717, 1.165) is 11.3 Å². The van der Waals surface area contributed by atoms with Gasteiger partial charge in [0.1, 0.15) is 18.4 Å². The van der Waals surface area contributed by atoms with Crippen molar-refractivity contribution in [3.8, 4) is 0 Å². The molecule has 120 valence electrons. The number of rotatable bonds is 6. The van der Waals surface area contributed by atoms with E-state index in [4.69, 9.17) is 0 Å². The molecule has 1 atom stereocenters. The number of amides is 1. The highest BCUT2D eigenvalue weighted by Gasteiger charge is 2.29. The maximum absolute atomic E-state index is 12.0. The van der Waals surface area contributed by atoms with Gasteiger partial charge in [0, 0.05) is 25.4 Å². The first-order chi connectivity index (χ1) is 10.3. The molecule has 2 heterocycles. The maximum atomic E-state index is 12.0. The van der Waals surface area contributed by atoms with E-state index in [1.807, 2.05) is 35.0 Å². The van der Waals surface area contributed by atoms with E-state index in [1.165, 1.54) is 6.92 Å². The van der Waals surface area contributed by atoms with Gasteiger partial charge in [0.2, 0.25) is 5.91 Å². The molecule has 1 amide bonds. The van der Waals surface area contributed by atoms with Gasteiger partial charge in [-0.1, -0.05) is 6.07 Å². The standard InChI is InChI=1S/C14H16F3N3O2/c1-10(22-9-14(15,16)17)13(21)18-6-5-11-8-20-7-3-2-4-12(20)19-11/h2-4,7-8,10H,5-6,9H2,1H3,(H,18,21)/t10-/m0/s1. The third-order valence-corrected chi connectivity index (χ3v) is 2.96. The molecule has 0 spiro atoms. The Morgan fingerprint density at radius 2 is 2.23 bits per heavy atom. The molecule has 2 aromatic heterocycles. The predicted molar refractivity (Wildman–Crippen MR) is 73.4 cm³/mol. The monoisotopic (exact) mass is 315 g/mol. The fourth-order valence-corrected chi connectivity index (χ4v) is 1.86. The van der Waals surface area contributed by atoms with Crippen LogP contribution in [-0.2, 0) is 16.0 Å². The zero-order valence-corrected chi connectivity index (χ0v) is 11.9. The Morgan fingerprint density at radius 1 is 1.45 bits per heavy atom. The van der Waals surface area contributed by atoms with Crippen molar-refractivity contribution in [2.75, 3.05) is 13.2 Å². The topological polar surface area (TPSA) is 55.6 Å². The number of alkyl halides is 3. The summed E-state index contributed by atoms with van der Waals surface area (Å²) in [6, 6.07) is 5.60. The third-order valence-electron chi connectivity index (χ3n) is 2.96. The van der Waals surface area contributed by atoms with Crippen LogP contribution in [0, 0.1) is 0 Å². The molecule has 8 heteroatoms. The molecule has 1 N–H and O–H groups in total. The van der Waals surface area contributed by atoms with Crippen molar-refractivity contribution in [3.63, 3.8) is 0 Å². The van der Waals surface area contributed by atoms with Gasteiger partial charge in [0.05, 0.1) is 5.69 Å². The molecule has 0 unspecified atom stereocenters. The van der Waals surface area contributed by atoms with Crippen molar-refractivity contribution < 1.29 is 22.7 Å². The van der Waals surface area contributed by atoms with E-state index in [1.54, 1.807) is 0 Å². The number of imidazole rings is 1. The van der Waals surface area contributed by atoms with E-state index >= 15 is 0 Å². The van der Waals surface area contributed by atoms with Crippen molar-refractivity contribution >= 4 is 11.6 Å². The van der Waals surface area contributed by atoms with Crippen molar-refractivity contribution in [3.05, 3.63) is 36.3 Å². The third kappa shape index (κ3) is 4.73. The summed E-state index contributed by atoms with van der Waals surface area (Å²) in [5, 5.41) is 2.53. The van der Waals surface area contributed by atoms with E-state index in [9.17, 15) is 18.0 Å². The van der Waals surface area contributed by atoms with Crippen LogP contribution in [-0.4, -0.2) is 40.7 Å². The van der Waals surface area contributed by atoms with Gasteiger partial charge < -0.3 is 14.5 Å². The van der Waals surface area contributed by atoms with Crippen LogP contribution in [0.5, 0.6) is 0 Å². The van der Waals surface area contributed by atoms with Gasteiger partial charge in [-0.25, -0.2) is 4.98 Å². The number of ether oxygens (including phenoxy) is 1. The lowest BCUT2D eigenvalue weighted by Crippen LogP contribution is -2.37. The van der Waals surface area contributed by atoms with Crippen LogP contribution < -0.4 is 5.32 Å². The normalized spacial score (nSPS) is 13.3. The molecule has 0 saturated carbocycles. The Kier molecular flexibility index (Phi) is 5.02. The Labute approximate surface area is 125 Å². The van der Waals surface area contributed by atoms with Crippen LogP contribution in [0.3, 0.4) is 0 Å². The second-order valence-electron chi connectivity index (χ2n) is 4.81. The number of nitrogens with one attached hydrogen (secondary N) is 1. The zero-order chi connectivity index (χ0) is 16.2. The molecule has 0 fully saturated rings. The average molecular weight is 315 g/mol. The lowest BCUT2D eigenvalue weighted by Gasteiger charge is -2.14. The molecule has 0 aliphatic rings. The molecule has 0 aliphatic carbocycles. The van der Waals surface area contributed by atoms with Crippen LogP contribution in [0.2, 0.25) is 0 Å². The first-order valence-electron chi connectivity index (χ1n) is 6.74. The van der Waals surface area contributed by atoms with Crippen molar-refractivity contribution in [1.29, 1.82) is 0 Å². The number of nitrogens with zero attached hydrogens (tertiary/aromatic N) is 2. The molecule has 0 bridgehead atoms. The molecule has 22 heavy (non-hydrogen) atoms. The van der Waals surface area contributed by atoms with E-state index in [2.05, 4.69) is 15.0 Å². The van der Waals surface area contributed by atoms with Gasteiger partial charge in [-0.05, 0) is 19.1 Å². The Morgan fingerprint density at radius 3 is 2.91 bits per heavy atom. The summed E-state index contributed by atoms with van der Waals surface area (Å²) in [7, 11) is 0. The Bertz CT molecular complexity index is 607. The van der Waals surface area contributed by atoms with Gasteiger partial charge in [0.15, 0.2) is 0 Å². The SMILES string of the molecule is C[C@H](OCC(F)(F)F)C(=O)NCCc1cn2ccccc2n1. The summed E-state index contributed by atoms with van der Waals surface area (Å²) in [6.07, 6.45) is -1.41. The largest absolute Gasteiger partial charge is 0.411 e. The number of carbonyl (C=O) groups is 1. The molecule has 5 nitrogen and oxygen atoms in total. The minimum absolute atomic E-state index is 0.280. The molecule has 2 rings (SSSR count). The van der Waals surface area contributed by atoms with E-state index < -0.39 is 24.8 Å². The van der Waals surface area contributed by atoms with Gasteiger partial charge in [-0.15, -0.1) is 0 Å². The molecule has 2 aromatic rings. The van der Waals surface area contributed by atoms with Crippen molar-refractivity contribution in [1.82, 2.24) is 14.7 Å². The molecule has 0 radical (unpaired) electrons. The maximum Gasteiger partial charge on any atom is 0.411 e. The number of hydrogen-bond donors (Lipinski definition) is 1. The minimum atomic E-state index is -4.44. The van der Waals surface area contributed by atoms with Crippen molar-refractivity contribution in [2.45, 2.75) is 25.6 Å². The first-order valence-corrected chi connectivity index (χ1v) is 6.74. The molecule has 0 aliphatic heterocycles. The van der Waals surface area contributed by atoms with E-state index in [-0.39, 0.29) is 6.54 Å². The lowest BCUT2D eigenvalue weighted by atomic mass is 10.3. The van der Waals surface area contributed by atoms with Crippen molar-refractivity contribution in [2.24, 2.45) is 0 Å². The number of fused-ring (bicyclic) bond motifs is 1. The number of halogens is 3. The summed E-state index contributed by atoms with van der Waals surface area (Å²) in [5.41, 5.74) is 1.58. The number of pyridine rings is 1. The van der Waals surface area contributed by atoms with Crippen LogP contribution in [0.25, 0.3) is 5.65 Å². The number of aromatic nitrogens is 2. The van der Waals surface area contributed by atoms with Gasteiger partial charge >= 0.3 is 6.18 Å². The molecular formula is C14H16F3N3O2. The Hall–Kier alpha value is -2.09. The predicted octanol–water partition coefficient (Wildman–Crippen LogP) is 1.96. The molecule has 0 aromatic carbocycles. The fourth-order valence-electron chi connectivity index (χ4n) is 1.86. The minimum Gasteiger partial charge on any atom is -0.359 e. The lowest BCUT2D eigenvalue weighted by molar-refractivity contribution is -0.185. The molecular weight excluding hydrogens is 299 g/mol. The van der Waals surface area contributed by atoms with E-state index in [0.29, 0.717) is 6.42 Å². The summed E-state index contributed by atoms with van der Waals surface area (Å²) in [4.78, 5) is 15.9. The smallest absolute Gasteiger partial charge is 0.359 e. The fraction of sp³-hybridized carbons (Fsp3) is 0.429. The molecule has 0 saturated heterocycles. The van der Waals surface area contributed by atoms with Crippen LogP contribution in [0.4, 0.5) is 13.2 Å². The number of carbonyl (C=O) groups excluding carboxylic acids is 1. The van der Waals surface area contributed by atoms with Crippen LogP contribution in [0.15, 0.2) is 30.6 Å². The highest BCUT2D eigenvalue weighted by Crippen LogP contribution is 2.15. The highest BCUT2D eigenvalue weighted by molar-refractivity contribution is 5.80. The van der Waals surface area contributed by atoms with Crippen LogP contribution >= 0.6 is 0 Å². The highest BCUT2D eigenvalue weighted by atomic mass is 19.4. The summed E-state index contributed by atoms with van der Waals surface area (Å²) < 4.78 is 42.3. The second-order valence-corrected chi connectivity index (χ2v) is 4.81. The van der Waals surface area contributed by atoms with Crippen LogP contribution in [0.1, 0.15) is 12.6 Å². The Balaban J connectivity index is 1.76. The zero-order valence-electron chi connectivity index (χ0n) is 11.9. The second kappa shape index (κ2) is 6.78. The summed E-state index contributed by atoms with van der Waals surface area (Å²) >= 11 is 0. The van der Waals surface area contributed by atoms with Gasteiger partial charge in [-0.2, -0.15) is 13.2 Å². The summed E-state index contributed by atoms with van der Waals surface area (Å²) in [6.45, 7) is 0.127. The average Bonchev–Trinajstić information content (AvgIpc) is 2.86. The van der Waals surface area contributed by atoms with Gasteiger partial charge in [-0.3, -0.25) is 4.79 Å². The first kappa shape index (κ1) is 16.3. The number of hydrogen-bond acceptors (Lipinski definition) is 3. The van der Waals surface area contributed by atoms with Gasteiger partial charge in [0.25, 0.3) is 0 Å². The quantitative estimate of drug-likeness (QED) is 0.886.